The second-order valence-corrected chi connectivity index (χ2v) is 6.79. The summed E-state index contributed by atoms with van der Waals surface area (Å²) in [6.07, 6.45) is 0.355. The van der Waals surface area contributed by atoms with E-state index < -0.39 is 19.3 Å². The second-order valence-electron chi connectivity index (χ2n) is 6.79. The number of aromatic nitrogens is 3. The van der Waals surface area contributed by atoms with E-state index in [1.807, 2.05) is 0 Å². The first kappa shape index (κ1) is 17.9. The Bertz CT molecular complexity index is 840. The molecule has 1 amide bonds. The third kappa shape index (κ3) is 3.67. The van der Waals surface area contributed by atoms with Crippen LogP contribution in [-0.2, 0) is 17.8 Å². The Labute approximate surface area is 155 Å². The number of amides is 1. The van der Waals surface area contributed by atoms with Gasteiger partial charge in [0, 0.05) is 30.8 Å². The van der Waals surface area contributed by atoms with E-state index >= 15 is 0 Å². The van der Waals surface area contributed by atoms with Gasteiger partial charge >= 0.3 is 7.12 Å². The van der Waals surface area contributed by atoms with Gasteiger partial charge in [-0.1, -0.05) is 23.4 Å². The van der Waals surface area contributed by atoms with Crippen LogP contribution in [0.25, 0.3) is 0 Å². The van der Waals surface area contributed by atoms with E-state index in [0.29, 0.717) is 17.9 Å². The number of nitrogens with one attached hydrogen (secondary N) is 2. The van der Waals surface area contributed by atoms with E-state index in [-0.39, 0.29) is 23.8 Å². The molecule has 142 valence electrons. The Hall–Kier alpha value is -2.47. The molecule has 27 heavy (non-hydrogen) atoms. The van der Waals surface area contributed by atoms with E-state index in [0.717, 1.165) is 18.8 Å². The van der Waals surface area contributed by atoms with Crippen molar-refractivity contribution in [1.29, 1.82) is 0 Å². The van der Waals surface area contributed by atoms with Crippen LogP contribution in [0.2, 0.25) is 0 Å². The summed E-state index contributed by atoms with van der Waals surface area (Å²) in [4.78, 5) is 12.3. The van der Waals surface area contributed by atoms with E-state index in [4.69, 9.17) is 4.65 Å². The van der Waals surface area contributed by atoms with Crippen molar-refractivity contribution in [3.05, 3.63) is 41.2 Å². The van der Waals surface area contributed by atoms with Crippen molar-refractivity contribution >= 4 is 13.0 Å². The molecular formula is C16H20BN5O5. The van der Waals surface area contributed by atoms with Crippen LogP contribution in [0.4, 0.5) is 0 Å². The number of fused-ring (bicyclic) bond motifs is 1. The van der Waals surface area contributed by atoms with Crippen molar-refractivity contribution in [2.45, 2.75) is 31.1 Å². The Morgan fingerprint density at radius 2 is 2.26 bits per heavy atom. The van der Waals surface area contributed by atoms with E-state index in [2.05, 4.69) is 20.9 Å². The fraction of sp³-hybridized carbons (Fsp3) is 0.438. The lowest BCUT2D eigenvalue weighted by atomic mass is 9.72. The summed E-state index contributed by atoms with van der Waals surface area (Å²) >= 11 is 0. The predicted molar refractivity (Wildman–Crippen MR) is 93.5 cm³/mol. The van der Waals surface area contributed by atoms with Gasteiger partial charge in [-0.2, -0.15) is 0 Å². The quantitative estimate of drug-likeness (QED) is 0.302. The molecule has 4 rings (SSSR count). The smallest absolute Gasteiger partial charge is 0.534 e. The molecule has 0 bridgehead atoms. The largest absolute Gasteiger partial charge is 0.547 e. The molecule has 2 aromatic rings. The Kier molecular flexibility index (Phi) is 4.83. The topological polar surface area (TPSA) is 142 Å². The summed E-state index contributed by atoms with van der Waals surface area (Å²) < 4.78 is 6.89. The molecule has 2 aliphatic rings. The molecule has 1 fully saturated rings. The minimum absolute atomic E-state index is 0.0153. The minimum Gasteiger partial charge on any atom is -0.534 e. The number of hydrogen-bond acceptors (Lipinski definition) is 8. The number of rotatable bonds is 5. The standard InChI is InChI=1S/C16H20BN5O5/c23-14(8-22-7-12(20-21-22)10-5-18-6-10)19-13-4-9-2-1-3-11(16(24)25)15(9)27-17(13)26/h1-3,7,10,13,16,18,24-26H,4-6,8H2,(H,19,23)/t13-/m0/s1. The van der Waals surface area contributed by atoms with Crippen LogP contribution in [0, 0.1) is 0 Å². The van der Waals surface area contributed by atoms with Gasteiger partial charge in [-0.15, -0.1) is 5.10 Å². The van der Waals surface area contributed by atoms with Gasteiger partial charge in [-0.05, 0) is 12.0 Å². The van der Waals surface area contributed by atoms with Crippen molar-refractivity contribution in [2.24, 2.45) is 0 Å². The summed E-state index contributed by atoms with van der Waals surface area (Å²) in [6.45, 7) is 1.71. The molecule has 0 radical (unpaired) electrons. The molecule has 2 aliphatic heterocycles. The molecule has 5 N–H and O–H groups in total. The number of aliphatic hydroxyl groups is 2. The number of carbonyl (C=O) groups is 1. The average Bonchev–Trinajstić information content (AvgIpc) is 3.00. The zero-order valence-electron chi connectivity index (χ0n) is 14.4. The van der Waals surface area contributed by atoms with Crippen LogP contribution in [0.5, 0.6) is 5.75 Å². The van der Waals surface area contributed by atoms with E-state index in [1.54, 1.807) is 18.3 Å². The van der Waals surface area contributed by atoms with Crippen LogP contribution < -0.4 is 15.3 Å². The van der Waals surface area contributed by atoms with Crippen LogP contribution in [0.3, 0.4) is 0 Å². The van der Waals surface area contributed by atoms with Crippen molar-refractivity contribution < 1.29 is 24.7 Å². The maximum absolute atomic E-state index is 12.3. The molecule has 0 aliphatic carbocycles. The lowest BCUT2D eigenvalue weighted by Gasteiger charge is -2.29. The monoisotopic (exact) mass is 373 g/mol. The van der Waals surface area contributed by atoms with Gasteiger partial charge in [-0.25, -0.2) is 4.68 Å². The van der Waals surface area contributed by atoms with Crippen LogP contribution in [0.15, 0.2) is 24.4 Å². The second kappa shape index (κ2) is 7.27. The van der Waals surface area contributed by atoms with Crippen molar-refractivity contribution in [3.63, 3.8) is 0 Å². The summed E-state index contributed by atoms with van der Waals surface area (Å²) in [5.41, 5.74) is 1.71. The SMILES string of the molecule is O=C(Cn1cc(C2CNC2)nn1)N[C@H]1Cc2cccc(C(O)O)c2OB1O. The molecule has 11 heteroatoms. The molecule has 0 saturated carbocycles. The zero-order chi connectivity index (χ0) is 19.0. The number of aliphatic hydroxyl groups excluding tert-OH is 1. The number of carbonyl (C=O) groups excluding carboxylic acids is 1. The predicted octanol–water partition coefficient (Wildman–Crippen LogP) is -1.91. The van der Waals surface area contributed by atoms with Gasteiger partial charge < -0.3 is 30.5 Å². The molecule has 1 saturated heterocycles. The highest BCUT2D eigenvalue weighted by Gasteiger charge is 2.37. The number of para-hydroxylation sites is 1. The normalized spacial score (nSPS) is 19.4. The molecular weight excluding hydrogens is 353 g/mol. The van der Waals surface area contributed by atoms with Gasteiger partial charge in [-0.3, -0.25) is 4.79 Å². The first-order valence-corrected chi connectivity index (χ1v) is 8.74. The Morgan fingerprint density at radius 3 is 2.96 bits per heavy atom. The highest BCUT2D eigenvalue weighted by Crippen LogP contribution is 2.32. The average molecular weight is 373 g/mol. The number of nitrogens with zero attached hydrogens (tertiary/aromatic N) is 3. The molecule has 1 aromatic heterocycles. The molecule has 1 atom stereocenters. The third-order valence-corrected chi connectivity index (χ3v) is 4.84. The zero-order valence-corrected chi connectivity index (χ0v) is 14.4. The molecule has 1 aromatic carbocycles. The molecule has 0 spiro atoms. The van der Waals surface area contributed by atoms with Gasteiger partial charge in [0.15, 0.2) is 6.29 Å². The van der Waals surface area contributed by atoms with E-state index in [9.17, 15) is 20.0 Å². The van der Waals surface area contributed by atoms with Gasteiger partial charge in [0.1, 0.15) is 12.3 Å². The maximum Gasteiger partial charge on any atom is 0.547 e. The third-order valence-electron chi connectivity index (χ3n) is 4.84. The first-order valence-electron chi connectivity index (χ1n) is 8.74. The Morgan fingerprint density at radius 1 is 1.44 bits per heavy atom. The van der Waals surface area contributed by atoms with Gasteiger partial charge in [0.05, 0.1) is 11.6 Å². The van der Waals surface area contributed by atoms with Gasteiger partial charge in [0.25, 0.3) is 0 Å². The summed E-state index contributed by atoms with van der Waals surface area (Å²) in [5.74, 6) is -0.411. The van der Waals surface area contributed by atoms with Gasteiger partial charge in [0.2, 0.25) is 5.91 Å². The summed E-state index contributed by atoms with van der Waals surface area (Å²) in [7, 11) is -1.30. The van der Waals surface area contributed by atoms with E-state index in [1.165, 1.54) is 10.7 Å². The number of hydrogen-bond donors (Lipinski definition) is 5. The number of benzene rings is 1. The summed E-state index contributed by atoms with van der Waals surface area (Å²) in [5, 5.41) is 43.0. The minimum atomic E-state index is -1.70. The summed E-state index contributed by atoms with van der Waals surface area (Å²) in [6, 6.07) is 4.93. The van der Waals surface area contributed by atoms with Crippen LogP contribution >= 0.6 is 0 Å². The lowest BCUT2D eigenvalue weighted by molar-refractivity contribution is -0.122. The van der Waals surface area contributed by atoms with Crippen molar-refractivity contribution in [1.82, 2.24) is 25.6 Å². The van der Waals surface area contributed by atoms with Crippen molar-refractivity contribution in [2.75, 3.05) is 13.1 Å². The molecule has 3 heterocycles. The van der Waals surface area contributed by atoms with Crippen molar-refractivity contribution in [3.8, 4) is 5.75 Å². The highest BCUT2D eigenvalue weighted by molar-refractivity contribution is 6.46. The molecule has 10 nitrogen and oxygen atoms in total. The lowest BCUT2D eigenvalue weighted by Crippen LogP contribution is -2.53. The molecule has 0 unspecified atom stereocenters. The first-order chi connectivity index (χ1) is 13.0. The maximum atomic E-state index is 12.3. The fourth-order valence-electron chi connectivity index (χ4n) is 3.25. The fourth-order valence-corrected chi connectivity index (χ4v) is 3.25. The highest BCUT2D eigenvalue weighted by atomic mass is 16.5. The Balaban J connectivity index is 1.40. The van der Waals surface area contributed by atoms with Crippen LogP contribution in [-0.4, -0.2) is 62.3 Å². The van der Waals surface area contributed by atoms with Crippen LogP contribution in [0.1, 0.15) is 29.0 Å².